The van der Waals surface area contributed by atoms with E-state index in [0.717, 1.165) is 0 Å². The molecule has 2 N–H and O–H groups in total. The van der Waals surface area contributed by atoms with Crippen LogP contribution in [-0.2, 0) is 0 Å². The maximum atomic E-state index is 11.8. The maximum Gasteiger partial charge on any atom is 0.265 e. The second-order valence-electron chi connectivity index (χ2n) is 3.44. The summed E-state index contributed by atoms with van der Waals surface area (Å²) in [5, 5.41) is 11.7. The van der Waals surface area contributed by atoms with E-state index in [2.05, 4.69) is 5.32 Å². The minimum Gasteiger partial charge on any atom is -0.386 e. The average molecular weight is 179 g/mol. The van der Waals surface area contributed by atoms with Crippen molar-refractivity contribution >= 4 is 0 Å². The van der Waals surface area contributed by atoms with E-state index in [0.29, 0.717) is 5.92 Å². The molecule has 0 bridgehead atoms. The largest absolute Gasteiger partial charge is 0.386 e. The zero-order valence-electron chi connectivity index (χ0n) is 7.13. The van der Waals surface area contributed by atoms with Crippen molar-refractivity contribution in [2.24, 2.45) is 5.92 Å². The van der Waals surface area contributed by atoms with Crippen molar-refractivity contribution in [3.63, 3.8) is 0 Å². The van der Waals surface area contributed by atoms with E-state index in [1.54, 1.807) is 0 Å². The van der Waals surface area contributed by atoms with Crippen molar-refractivity contribution in [3.8, 4) is 0 Å². The van der Waals surface area contributed by atoms with Crippen LogP contribution >= 0.6 is 0 Å². The zero-order valence-corrected chi connectivity index (χ0v) is 7.13. The Morgan fingerprint density at radius 3 is 2.50 bits per heavy atom. The Bertz CT molecular complexity index is 131. The van der Waals surface area contributed by atoms with Crippen LogP contribution in [0.3, 0.4) is 0 Å². The van der Waals surface area contributed by atoms with Gasteiger partial charge in [-0.25, -0.2) is 8.78 Å². The van der Waals surface area contributed by atoms with Crippen molar-refractivity contribution < 1.29 is 13.9 Å². The first-order chi connectivity index (χ1) is 5.61. The van der Waals surface area contributed by atoms with Crippen molar-refractivity contribution in [1.29, 1.82) is 0 Å². The van der Waals surface area contributed by atoms with Crippen LogP contribution in [-0.4, -0.2) is 30.2 Å². The Balaban J connectivity index is 2.07. The molecule has 1 saturated carbocycles. The second-order valence-corrected chi connectivity index (χ2v) is 3.44. The first kappa shape index (κ1) is 9.86. The Labute approximate surface area is 71.0 Å². The zero-order chi connectivity index (χ0) is 9.14. The lowest BCUT2D eigenvalue weighted by atomic mass is 10.2. The van der Waals surface area contributed by atoms with E-state index < -0.39 is 12.5 Å². The third-order valence-corrected chi connectivity index (χ3v) is 2.27. The average Bonchev–Trinajstić information content (AvgIpc) is 2.81. The quantitative estimate of drug-likeness (QED) is 0.660. The van der Waals surface area contributed by atoms with Gasteiger partial charge in [0.25, 0.3) is 6.43 Å². The van der Waals surface area contributed by atoms with E-state index in [-0.39, 0.29) is 12.6 Å². The van der Waals surface area contributed by atoms with Crippen LogP contribution in [0.2, 0.25) is 0 Å². The van der Waals surface area contributed by atoms with Gasteiger partial charge in [0.15, 0.2) is 0 Å². The number of aliphatic hydroxyl groups is 1. The van der Waals surface area contributed by atoms with Crippen LogP contribution in [0.1, 0.15) is 19.8 Å². The molecule has 0 aromatic carbocycles. The van der Waals surface area contributed by atoms with Crippen molar-refractivity contribution in [3.05, 3.63) is 0 Å². The Kier molecular flexibility index (Phi) is 3.40. The smallest absolute Gasteiger partial charge is 0.265 e. The minimum atomic E-state index is -2.64. The van der Waals surface area contributed by atoms with Crippen LogP contribution in [0.15, 0.2) is 0 Å². The molecule has 1 rings (SSSR count). The van der Waals surface area contributed by atoms with E-state index in [1.807, 2.05) is 6.92 Å². The third-order valence-electron chi connectivity index (χ3n) is 2.27. The van der Waals surface area contributed by atoms with Gasteiger partial charge in [-0.2, -0.15) is 0 Å². The highest BCUT2D eigenvalue weighted by Crippen LogP contribution is 2.32. The molecule has 72 valence electrons. The molecule has 0 aromatic heterocycles. The lowest BCUT2D eigenvalue weighted by molar-refractivity contribution is -0.00465. The number of aliphatic hydroxyl groups excluding tert-OH is 1. The number of rotatable bonds is 5. The molecule has 1 aliphatic rings. The molecule has 1 fully saturated rings. The number of hydrogen-bond donors (Lipinski definition) is 2. The van der Waals surface area contributed by atoms with Crippen molar-refractivity contribution in [2.45, 2.75) is 38.3 Å². The van der Waals surface area contributed by atoms with Gasteiger partial charge in [-0.05, 0) is 25.7 Å². The lowest BCUT2D eigenvalue weighted by Gasteiger charge is -2.15. The van der Waals surface area contributed by atoms with Gasteiger partial charge in [0.2, 0.25) is 0 Å². The number of nitrogens with one attached hydrogen (secondary N) is 1. The molecule has 4 heteroatoms. The molecule has 0 aromatic rings. The molecular weight excluding hydrogens is 164 g/mol. The number of hydrogen-bond acceptors (Lipinski definition) is 2. The molecule has 2 atom stereocenters. The fraction of sp³-hybridized carbons (Fsp3) is 1.00. The summed E-state index contributed by atoms with van der Waals surface area (Å²) >= 11 is 0. The van der Waals surface area contributed by atoms with Gasteiger partial charge >= 0.3 is 0 Å². The van der Waals surface area contributed by atoms with Gasteiger partial charge < -0.3 is 10.4 Å². The topological polar surface area (TPSA) is 32.3 Å². The summed E-state index contributed by atoms with van der Waals surface area (Å²) in [5.74, 6) is 0.634. The summed E-state index contributed by atoms with van der Waals surface area (Å²) in [7, 11) is 0. The lowest BCUT2D eigenvalue weighted by Crippen LogP contribution is -2.38. The van der Waals surface area contributed by atoms with Gasteiger partial charge in [0, 0.05) is 12.6 Å². The Morgan fingerprint density at radius 2 is 2.08 bits per heavy atom. The summed E-state index contributed by atoms with van der Waals surface area (Å²) in [6.07, 6.45) is -1.80. The van der Waals surface area contributed by atoms with Crippen molar-refractivity contribution in [2.75, 3.05) is 6.54 Å². The van der Waals surface area contributed by atoms with Gasteiger partial charge in [-0.3, -0.25) is 0 Å². The predicted molar refractivity (Wildman–Crippen MR) is 42.2 cm³/mol. The van der Waals surface area contributed by atoms with Gasteiger partial charge in [0.1, 0.15) is 6.10 Å². The summed E-state index contributed by atoms with van der Waals surface area (Å²) in [6, 6.07) is 0.262. The fourth-order valence-electron chi connectivity index (χ4n) is 1.16. The van der Waals surface area contributed by atoms with Crippen LogP contribution in [0.25, 0.3) is 0 Å². The molecule has 0 spiro atoms. The predicted octanol–water partition coefficient (Wildman–Crippen LogP) is 1.00. The molecule has 0 aliphatic heterocycles. The van der Waals surface area contributed by atoms with Gasteiger partial charge in [0.05, 0.1) is 0 Å². The van der Waals surface area contributed by atoms with Crippen LogP contribution < -0.4 is 5.32 Å². The van der Waals surface area contributed by atoms with Crippen LogP contribution in [0.5, 0.6) is 0 Å². The molecule has 0 radical (unpaired) electrons. The van der Waals surface area contributed by atoms with Crippen LogP contribution in [0.4, 0.5) is 8.78 Å². The highest BCUT2D eigenvalue weighted by Gasteiger charge is 2.28. The molecule has 0 saturated heterocycles. The number of halogens is 2. The van der Waals surface area contributed by atoms with E-state index in [9.17, 15) is 8.78 Å². The fourth-order valence-corrected chi connectivity index (χ4v) is 1.16. The molecule has 0 amide bonds. The summed E-state index contributed by atoms with van der Waals surface area (Å²) < 4.78 is 23.6. The van der Waals surface area contributed by atoms with Crippen molar-refractivity contribution in [1.82, 2.24) is 5.32 Å². The van der Waals surface area contributed by atoms with Crippen LogP contribution in [0, 0.1) is 5.92 Å². The SMILES string of the molecule is CC(NCC(O)C(F)F)C1CC1. The maximum absolute atomic E-state index is 11.8. The molecule has 0 heterocycles. The standard InChI is InChI=1S/C8H15F2NO/c1-5(6-2-3-6)11-4-7(12)8(9)10/h5-8,11-12H,2-4H2,1H3. The highest BCUT2D eigenvalue weighted by atomic mass is 19.3. The molecule has 1 aliphatic carbocycles. The molecule has 2 nitrogen and oxygen atoms in total. The van der Waals surface area contributed by atoms with E-state index in [1.165, 1.54) is 12.8 Å². The molecule has 2 unspecified atom stereocenters. The first-order valence-electron chi connectivity index (χ1n) is 4.31. The minimum absolute atomic E-state index is 0.00463. The summed E-state index contributed by atoms with van der Waals surface area (Å²) in [5.41, 5.74) is 0. The number of alkyl halides is 2. The second kappa shape index (κ2) is 4.14. The summed E-state index contributed by atoms with van der Waals surface area (Å²) in [4.78, 5) is 0. The molecular formula is C8H15F2NO. The first-order valence-corrected chi connectivity index (χ1v) is 4.31. The normalized spacial score (nSPS) is 22.8. The Hall–Kier alpha value is -0.220. The van der Waals surface area contributed by atoms with Gasteiger partial charge in [-0.1, -0.05) is 0 Å². The van der Waals surface area contributed by atoms with E-state index >= 15 is 0 Å². The summed E-state index contributed by atoms with van der Waals surface area (Å²) in [6.45, 7) is 1.96. The van der Waals surface area contributed by atoms with E-state index in [4.69, 9.17) is 5.11 Å². The molecule has 12 heavy (non-hydrogen) atoms. The third kappa shape index (κ3) is 3.03. The Morgan fingerprint density at radius 1 is 1.50 bits per heavy atom. The monoisotopic (exact) mass is 179 g/mol. The highest BCUT2D eigenvalue weighted by molar-refractivity contribution is 4.83. The van der Waals surface area contributed by atoms with Gasteiger partial charge in [-0.15, -0.1) is 0 Å².